The number of nitrogens with zero attached hydrogens (tertiary/aromatic N) is 1. The van der Waals surface area contributed by atoms with Crippen molar-refractivity contribution in [3.05, 3.63) is 41.4 Å². The molecule has 1 saturated carbocycles. The van der Waals surface area contributed by atoms with E-state index in [0.717, 1.165) is 18.4 Å². The van der Waals surface area contributed by atoms with Gasteiger partial charge >= 0.3 is 0 Å². The van der Waals surface area contributed by atoms with Crippen molar-refractivity contribution in [2.75, 3.05) is 0 Å². The predicted molar refractivity (Wildman–Crippen MR) is 106 cm³/mol. The van der Waals surface area contributed by atoms with Crippen LogP contribution in [0.15, 0.2) is 34.9 Å². The van der Waals surface area contributed by atoms with Crippen molar-refractivity contribution < 1.29 is 14.0 Å². The minimum absolute atomic E-state index is 0.190. The van der Waals surface area contributed by atoms with Crippen molar-refractivity contribution in [1.29, 1.82) is 0 Å². The lowest BCUT2D eigenvalue weighted by Gasteiger charge is -2.28. The molecule has 1 unspecified atom stereocenters. The maximum absolute atomic E-state index is 12.5. The van der Waals surface area contributed by atoms with E-state index in [2.05, 4.69) is 10.3 Å². The molecule has 3 rings (SSSR count). The topological polar surface area (TPSA) is 98.2 Å². The Morgan fingerprint density at radius 2 is 2.00 bits per heavy atom. The number of primary amides is 1. The predicted octanol–water partition coefficient (Wildman–Crippen LogP) is 3.53. The average Bonchev–Trinajstić information content (AvgIpc) is 3.30. The third-order valence-electron chi connectivity index (χ3n) is 4.80. The van der Waals surface area contributed by atoms with Crippen molar-refractivity contribution >= 4 is 35.2 Å². The van der Waals surface area contributed by atoms with Crippen LogP contribution in [-0.2, 0) is 15.3 Å². The van der Waals surface area contributed by atoms with Gasteiger partial charge in [-0.25, -0.2) is 4.98 Å². The fourth-order valence-corrected chi connectivity index (χ4v) is 4.01. The van der Waals surface area contributed by atoms with Gasteiger partial charge in [0.05, 0.1) is 17.2 Å². The number of rotatable bonds is 7. The Morgan fingerprint density at radius 3 is 2.63 bits per heavy atom. The van der Waals surface area contributed by atoms with Crippen LogP contribution in [-0.4, -0.2) is 27.6 Å². The highest BCUT2D eigenvalue weighted by Gasteiger charge is 2.41. The van der Waals surface area contributed by atoms with Gasteiger partial charge < -0.3 is 15.5 Å². The number of carbonyl (C=O) groups is 2. The van der Waals surface area contributed by atoms with Gasteiger partial charge in [0.15, 0.2) is 5.76 Å². The first-order valence-corrected chi connectivity index (χ1v) is 10.3. The Hall–Kier alpha value is -1.99. The number of benzene rings is 1. The highest BCUT2D eigenvalue weighted by Crippen LogP contribution is 2.30. The Labute approximate surface area is 167 Å². The smallest absolute Gasteiger partial charge is 0.243 e. The quantitative estimate of drug-likeness (QED) is 0.731. The van der Waals surface area contributed by atoms with Crippen LogP contribution in [0.4, 0.5) is 0 Å². The highest BCUT2D eigenvalue weighted by atomic mass is 35.5. The molecule has 1 aromatic heterocycles. The first-order chi connectivity index (χ1) is 12.9. The van der Waals surface area contributed by atoms with Crippen LogP contribution in [0.2, 0.25) is 5.02 Å². The molecule has 1 fully saturated rings. The van der Waals surface area contributed by atoms with E-state index in [1.807, 2.05) is 12.1 Å². The monoisotopic (exact) mass is 407 g/mol. The largest absolute Gasteiger partial charge is 0.440 e. The zero-order valence-electron chi connectivity index (χ0n) is 15.0. The van der Waals surface area contributed by atoms with E-state index >= 15 is 0 Å². The number of thioether (sulfide) groups is 1. The van der Waals surface area contributed by atoms with Gasteiger partial charge in [-0.15, -0.1) is 11.8 Å². The number of carbonyl (C=O) groups excluding carboxylic acids is 2. The second-order valence-corrected chi connectivity index (χ2v) is 8.49. The number of nitrogens with two attached hydrogens (primary N) is 1. The van der Waals surface area contributed by atoms with E-state index in [-0.39, 0.29) is 11.2 Å². The van der Waals surface area contributed by atoms with Gasteiger partial charge in [0, 0.05) is 10.6 Å². The van der Waals surface area contributed by atoms with Gasteiger partial charge in [-0.05, 0) is 44.0 Å². The average molecular weight is 408 g/mol. The summed E-state index contributed by atoms with van der Waals surface area (Å²) in [5, 5.41) is 3.17. The Morgan fingerprint density at radius 1 is 1.33 bits per heavy atom. The molecule has 0 radical (unpaired) electrons. The minimum atomic E-state index is -0.892. The molecule has 0 bridgehead atoms. The molecule has 0 spiro atoms. The molecule has 1 heterocycles. The van der Waals surface area contributed by atoms with Crippen LogP contribution in [0.3, 0.4) is 0 Å². The zero-order chi connectivity index (χ0) is 19.4. The molecule has 1 aliphatic carbocycles. The number of hydrogen-bond donors (Lipinski definition) is 2. The fourth-order valence-electron chi connectivity index (χ4n) is 3.15. The van der Waals surface area contributed by atoms with Gasteiger partial charge in [0.25, 0.3) is 0 Å². The summed E-state index contributed by atoms with van der Waals surface area (Å²) in [5.74, 6) is 0.996. The molecule has 2 amide bonds. The van der Waals surface area contributed by atoms with E-state index in [1.165, 1.54) is 11.8 Å². The summed E-state index contributed by atoms with van der Waals surface area (Å²) in [5.41, 5.74) is 5.52. The third kappa shape index (κ3) is 4.65. The van der Waals surface area contributed by atoms with E-state index in [4.69, 9.17) is 21.8 Å². The van der Waals surface area contributed by atoms with Crippen molar-refractivity contribution in [1.82, 2.24) is 10.3 Å². The molecule has 1 aliphatic rings. The van der Waals surface area contributed by atoms with E-state index in [1.54, 1.807) is 25.3 Å². The lowest BCUT2D eigenvalue weighted by atomic mass is 9.96. The summed E-state index contributed by atoms with van der Waals surface area (Å²) in [6.07, 6.45) is 4.67. The molecule has 2 aromatic rings. The summed E-state index contributed by atoms with van der Waals surface area (Å²) in [4.78, 5) is 28.5. The second kappa shape index (κ2) is 8.35. The standard InChI is InChI=1S/C19H22ClN3O3S/c1-12(17(24)23-19(18(21)25)8-2-3-9-19)27-11-16-22-10-15(26-16)13-4-6-14(20)7-5-13/h4-7,10,12H,2-3,8-9,11H2,1H3,(H2,21,25)(H,23,24). The molecule has 144 valence electrons. The molecule has 6 nitrogen and oxygen atoms in total. The molecule has 1 atom stereocenters. The number of hydrogen-bond acceptors (Lipinski definition) is 5. The second-order valence-electron chi connectivity index (χ2n) is 6.72. The molecule has 3 N–H and O–H groups in total. The Balaban J connectivity index is 1.56. The van der Waals surface area contributed by atoms with Crippen LogP contribution in [0.1, 0.15) is 38.5 Å². The summed E-state index contributed by atoms with van der Waals surface area (Å²) < 4.78 is 5.75. The number of amides is 2. The molecular formula is C19H22ClN3O3S. The van der Waals surface area contributed by atoms with Crippen molar-refractivity contribution in [2.24, 2.45) is 5.73 Å². The van der Waals surface area contributed by atoms with Gasteiger partial charge in [-0.2, -0.15) is 0 Å². The highest BCUT2D eigenvalue weighted by molar-refractivity contribution is 7.99. The Kier molecular flexibility index (Phi) is 6.11. The van der Waals surface area contributed by atoms with Crippen molar-refractivity contribution in [3.8, 4) is 11.3 Å². The normalized spacial score (nSPS) is 16.8. The van der Waals surface area contributed by atoms with E-state index in [9.17, 15) is 9.59 Å². The van der Waals surface area contributed by atoms with Gasteiger partial charge in [0.1, 0.15) is 5.54 Å². The first-order valence-electron chi connectivity index (χ1n) is 8.84. The number of nitrogens with one attached hydrogen (secondary N) is 1. The molecule has 1 aromatic carbocycles. The molecule has 0 aliphatic heterocycles. The maximum Gasteiger partial charge on any atom is 0.243 e. The zero-order valence-corrected chi connectivity index (χ0v) is 16.6. The maximum atomic E-state index is 12.5. The van der Waals surface area contributed by atoms with E-state index < -0.39 is 11.4 Å². The lowest BCUT2D eigenvalue weighted by molar-refractivity contribution is -0.131. The van der Waals surface area contributed by atoms with Gasteiger partial charge in [-0.3, -0.25) is 9.59 Å². The number of halogens is 1. The van der Waals surface area contributed by atoms with Crippen molar-refractivity contribution in [2.45, 2.75) is 49.1 Å². The number of oxazole rings is 1. The molecular weight excluding hydrogens is 386 g/mol. The minimum Gasteiger partial charge on any atom is -0.440 e. The van der Waals surface area contributed by atoms with Crippen LogP contribution in [0, 0.1) is 0 Å². The summed E-state index contributed by atoms with van der Waals surface area (Å²) in [6.45, 7) is 1.80. The summed E-state index contributed by atoms with van der Waals surface area (Å²) in [7, 11) is 0. The van der Waals surface area contributed by atoms with Crippen LogP contribution in [0.5, 0.6) is 0 Å². The first kappa shape index (κ1) is 19.8. The fraction of sp³-hybridized carbons (Fsp3) is 0.421. The summed E-state index contributed by atoms with van der Waals surface area (Å²) in [6, 6.07) is 7.30. The van der Waals surface area contributed by atoms with Crippen LogP contribution < -0.4 is 11.1 Å². The van der Waals surface area contributed by atoms with Gasteiger partial charge in [-0.1, -0.05) is 24.4 Å². The Bertz CT molecular complexity index is 816. The lowest BCUT2D eigenvalue weighted by Crippen LogP contribution is -2.57. The third-order valence-corrected chi connectivity index (χ3v) is 6.18. The van der Waals surface area contributed by atoms with Gasteiger partial charge in [0.2, 0.25) is 17.7 Å². The number of aromatic nitrogens is 1. The summed E-state index contributed by atoms with van der Waals surface area (Å²) >= 11 is 7.29. The molecule has 8 heteroatoms. The van der Waals surface area contributed by atoms with Crippen molar-refractivity contribution in [3.63, 3.8) is 0 Å². The van der Waals surface area contributed by atoms with Crippen LogP contribution in [0.25, 0.3) is 11.3 Å². The van der Waals surface area contributed by atoms with E-state index in [0.29, 0.717) is 35.3 Å². The van der Waals surface area contributed by atoms with Crippen LogP contribution >= 0.6 is 23.4 Å². The molecule has 0 saturated heterocycles. The SMILES string of the molecule is CC(SCc1ncc(-c2ccc(Cl)cc2)o1)C(=O)NC1(C(N)=O)CCCC1. The molecule has 27 heavy (non-hydrogen) atoms.